The molecule has 0 spiro atoms. The molecule has 8 heteroatoms. The lowest BCUT2D eigenvalue weighted by molar-refractivity contribution is -0.138. The summed E-state index contributed by atoms with van der Waals surface area (Å²) in [6, 6.07) is 0. The van der Waals surface area contributed by atoms with E-state index in [-0.39, 0.29) is 13.2 Å². The molecule has 184 valence electrons. The summed E-state index contributed by atoms with van der Waals surface area (Å²) in [5.74, 6) is -1.34. The number of carbonyl (C=O) groups is 2. The minimum absolute atomic E-state index is 0.139. The maximum absolute atomic E-state index is 10.0. The van der Waals surface area contributed by atoms with Gasteiger partial charge in [-0.3, -0.25) is 9.59 Å². The van der Waals surface area contributed by atoms with Crippen LogP contribution in [0.3, 0.4) is 0 Å². The molecule has 0 saturated carbocycles. The minimum atomic E-state index is -0.670. The van der Waals surface area contributed by atoms with Crippen molar-refractivity contribution >= 4 is 11.9 Å². The molecule has 0 aliphatic rings. The SMILES string of the molecule is CC(O)CO.CC(O)CO.CCCCCCCC(=O)O.CCCCCCCC(=O)O. The highest BCUT2D eigenvalue weighted by molar-refractivity contribution is 5.66. The Morgan fingerprint density at radius 3 is 1.00 bits per heavy atom. The highest BCUT2D eigenvalue weighted by Gasteiger charge is 1.95. The van der Waals surface area contributed by atoms with Gasteiger partial charge in [0.1, 0.15) is 0 Å². The molecule has 0 amide bonds. The van der Waals surface area contributed by atoms with Crippen molar-refractivity contribution in [2.45, 2.75) is 117 Å². The van der Waals surface area contributed by atoms with Crippen LogP contribution in [0.25, 0.3) is 0 Å². The van der Waals surface area contributed by atoms with Crippen molar-refractivity contribution in [1.29, 1.82) is 0 Å². The van der Waals surface area contributed by atoms with Gasteiger partial charge in [0.2, 0.25) is 0 Å². The predicted molar refractivity (Wildman–Crippen MR) is 120 cm³/mol. The van der Waals surface area contributed by atoms with Gasteiger partial charge in [-0.25, -0.2) is 0 Å². The normalized spacial score (nSPS) is 11.5. The number of rotatable bonds is 14. The predicted octanol–water partition coefficient (Wildman–Crippen LogP) is 3.58. The van der Waals surface area contributed by atoms with Crippen LogP contribution in [0.4, 0.5) is 0 Å². The topological polar surface area (TPSA) is 156 Å². The van der Waals surface area contributed by atoms with Crippen molar-refractivity contribution in [3.05, 3.63) is 0 Å². The van der Waals surface area contributed by atoms with E-state index in [0.717, 1.165) is 25.7 Å². The van der Waals surface area contributed by atoms with Crippen molar-refractivity contribution in [2.24, 2.45) is 0 Å². The molecule has 0 aliphatic carbocycles. The summed E-state index contributed by atoms with van der Waals surface area (Å²) in [5, 5.41) is 48.5. The molecule has 2 atom stereocenters. The van der Waals surface area contributed by atoms with E-state index >= 15 is 0 Å². The smallest absolute Gasteiger partial charge is 0.303 e. The molecule has 0 radical (unpaired) electrons. The fourth-order valence-electron chi connectivity index (χ4n) is 1.76. The van der Waals surface area contributed by atoms with Crippen LogP contribution in [0.1, 0.15) is 105 Å². The van der Waals surface area contributed by atoms with Gasteiger partial charge >= 0.3 is 11.9 Å². The summed E-state index contributed by atoms with van der Waals surface area (Å²) in [4.78, 5) is 20.1. The number of unbranched alkanes of at least 4 members (excludes halogenated alkanes) is 8. The average molecular weight is 441 g/mol. The Kier molecular flexibility index (Phi) is 39.1. The van der Waals surface area contributed by atoms with Crippen LogP contribution in [-0.2, 0) is 9.59 Å². The zero-order chi connectivity index (χ0) is 24.2. The lowest BCUT2D eigenvalue weighted by Gasteiger charge is -1.95. The first kappa shape index (κ1) is 36.2. The maximum Gasteiger partial charge on any atom is 0.303 e. The molecular weight excluding hydrogens is 392 g/mol. The van der Waals surface area contributed by atoms with Gasteiger partial charge in [-0.05, 0) is 26.7 Å². The molecule has 2 unspecified atom stereocenters. The molecule has 0 aromatic rings. The Balaban J connectivity index is -0.000000159. The number of aliphatic hydroxyl groups excluding tert-OH is 4. The summed E-state index contributed by atoms with van der Waals surface area (Å²) in [7, 11) is 0. The third-order valence-electron chi connectivity index (χ3n) is 3.52. The van der Waals surface area contributed by atoms with E-state index in [1.54, 1.807) is 0 Å². The van der Waals surface area contributed by atoms with E-state index < -0.39 is 24.1 Å². The van der Waals surface area contributed by atoms with Gasteiger partial charge in [0.15, 0.2) is 0 Å². The van der Waals surface area contributed by atoms with Crippen molar-refractivity contribution in [3.63, 3.8) is 0 Å². The van der Waals surface area contributed by atoms with Crippen molar-refractivity contribution in [3.8, 4) is 0 Å². The van der Waals surface area contributed by atoms with Gasteiger partial charge in [-0.1, -0.05) is 65.2 Å². The summed E-state index contributed by atoms with van der Waals surface area (Å²) in [6.45, 7) is 7.08. The second-order valence-electron chi connectivity index (χ2n) is 7.18. The van der Waals surface area contributed by atoms with E-state index in [4.69, 9.17) is 30.6 Å². The molecule has 0 heterocycles. The number of hydrogen-bond donors (Lipinski definition) is 6. The molecule has 8 nitrogen and oxygen atoms in total. The molecule has 0 aromatic carbocycles. The van der Waals surface area contributed by atoms with Crippen molar-refractivity contribution in [1.82, 2.24) is 0 Å². The summed E-state index contributed by atoms with van der Waals surface area (Å²) < 4.78 is 0. The maximum atomic E-state index is 10.0. The number of carboxylic acid groups (broad SMARTS) is 2. The lowest BCUT2D eigenvalue weighted by Crippen LogP contribution is -2.03. The summed E-state index contributed by atoms with van der Waals surface area (Å²) >= 11 is 0. The quantitative estimate of drug-likeness (QED) is 0.224. The highest BCUT2D eigenvalue weighted by Crippen LogP contribution is 2.04. The second kappa shape index (κ2) is 32.4. The Labute approximate surface area is 183 Å². The van der Waals surface area contributed by atoms with E-state index in [9.17, 15) is 9.59 Å². The van der Waals surface area contributed by atoms with E-state index in [0.29, 0.717) is 12.8 Å². The van der Waals surface area contributed by atoms with E-state index in [2.05, 4.69) is 13.8 Å². The van der Waals surface area contributed by atoms with Gasteiger partial charge in [0.05, 0.1) is 25.4 Å². The third kappa shape index (κ3) is 63.2. The average Bonchev–Trinajstić information content (AvgIpc) is 2.68. The highest BCUT2D eigenvalue weighted by atomic mass is 16.4. The van der Waals surface area contributed by atoms with Gasteiger partial charge in [0, 0.05) is 12.8 Å². The van der Waals surface area contributed by atoms with Crippen LogP contribution in [-0.4, -0.2) is 68.0 Å². The zero-order valence-corrected chi connectivity index (χ0v) is 19.6. The molecule has 0 saturated heterocycles. The van der Waals surface area contributed by atoms with Crippen LogP contribution in [0.15, 0.2) is 0 Å². The standard InChI is InChI=1S/2C8H16O2.2C3H8O2/c2*1-2-3-4-5-6-7-8(9)10;2*1-3(5)2-4/h2*2-7H2,1H3,(H,9,10);2*3-5H,2H2,1H3. The number of aliphatic carboxylic acids is 2. The van der Waals surface area contributed by atoms with Crippen molar-refractivity contribution in [2.75, 3.05) is 13.2 Å². The third-order valence-corrected chi connectivity index (χ3v) is 3.52. The van der Waals surface area contributed by atoms with Gasteiger partial charge in [-0.2, -0.15) is 0 Å². The Bertz CT molecular complexity index is 301. The molecule has 30 heavy (non-hydrogen) atoms. The van der Waals surface area contributed by atoms with E-state index in [1.807, 2.05) is 0 Å². The fourth-order valence-corrected chi connectivity index (χ4v) is 1.76. The lowest BCUT2D eigenvalue weighted by atomic mass is 10.1. The molecule has 0 aromatic heterocycles. The second-order valence-corrected chi connectivity index (χ2v) is 7.18. The Morgan fingerprint density at radius 1 is 0.600 bits per heavy atom. The molecule has 0 fully saturated rings. The Hall–Kier alpha value is -1.22. The minimum Gasteiger partial charge on any atom is -0.481 e. The zero-order valence-electron chi connectivity index (χ0n) is 19.6. The van der Waals surface area contributed by atoms with Gasteiger partial charge < -0.3 is 30.6 Å². The first-order chi connectivity index (χ1) is 14.1. The van der Waals surface area contributed by atoms with Gasteiger partial charge in [0.25, 0.3) is 0 Å². The van der Waals surface area contributed by atoms with Crippen molar-refractivity contribution < 1.29 is 40.2 Å². The fraction of sp³-hybridized carbons (Fsp3) is 0.909. The van der Waals surface area contributed by atoms with Crippen LogP contribution in [0.5, 0.6) is 0 Å². The molecule has 0 aliphatic heterocycles. The number of carboxylic acids is 2. The molecular formula is C22H48O8. The number of hydrogen-bond acceptors (Lipinski definition) is 6. The first-order valence-corrected chi connectivity index (χ1v) is 11.1. The van der Waals surface area contributed by atoms with Crippen LogP contribution in [0, 0.1) is 0 Å². The monoisotopic (exact) mass is 440 g/mol. The first-order valence-electron chi connectivity index (χ1n) is 11.1. The van der Waals surface area contributed by atoms with E-state index in [1.165, 1.54) is 52.4 Å². The Morgan fingerprint density at radius 2 is 0.833 bits per heavy atom. The molecule has 6 N–H and O–H groups in total. The molecule has 0 rings (SSSR count). The molecule has 0 bridgehead atoms. The van der Waals surface area contributed by atoms with Gasteiger partial charge in [-0.15, -0.1) is 0 Å². The largest absolute Gasteiger partial charge is 0.481 e. The van der Waals surface area contributed by atoms with Crippen LogP contribution >= 0.6 is 0 Å². The summed E-state index contributed by atoms with van der Waals surface area (Å²) in [6.07, 6.45) is 10.6. The number of aliphatic hydroxyl groups is 4. The van der Waals surface area contributed by atoms with Crippen LogP contribution in [0.2, 0.25) is 0 Å². The van der Waals surface area contributed by atoms with Crippen LogP contribution < -0.4 is 0 Å². The summed E-state index contributed by atoms with van der Waals surface area (Å²) in [5.41, 5.74) is 0.